The number of aromatic nitrogens is 1. The van der Waals surface area contributed by atoms with Crippen molar-refractivity contribution in [3.63, 3.8) is 0 Å². The third-order valence-electron chi connectivity index (χ3n) is 4.59. The van der Waals surface area contributed by atoms with Crippen molar-refractivity contribution in [2.24, 2.45) is 7.05 Å². The van der Waals surface area contributed by atoms with Crippen LogP contribution < -0.4 is 5.32 Å². The second-order valence-electron chi connectivity index (χ2n) is 6.36. The van der Waals surface area contributed by atoms with Crippen molar-refractivity contribution >= 4 is 16.8 Å². The number of fused-ring (bicyclic) bond motifs is 1. The maximum atomic E-state index is 13.4. The van der Waals surface area contributed by atoms with Crippen LogP contribution in [0, 0.1) is 5.82 Å². The lowest BCUT2D eigenvalue weighted by Crippen LogP contribution is -2.28. The summed E-state index contributed by atoms with van der Waals surface area (Å²) < 4.78 is 20.4. The van der Waals surface area contributed by atoms with Gasteiger partial charge in [-0.15, -0.1) is 0 Å². The van der Waals surface area contributed by atoms with Crippen LogP contribution in [0.1, 0.15) is 23.5 Å². The van der Waals surface area contributed by atoms with E-state index in [1.54, 1.807) is 19.2 Å². The summed E-state index contributed by atoms with van der Waals surface area (Å²) >= 11 is 0. The molecule has 1 atom stereocenters. The molecule has 0 aliphatic rings. The molecule has 136 valence electrons. The molecule has 1 N–H and O–H groups in total. The van der Waals surface area contributed by atoms with Crippen LogP contribution in [-0.4, -0.2) is 30.7 Å². The van der Waals surface area contributed by atoms with Gasteiger partial charge in [0.2, 0.25) is 5.91 Å². The van der Waals surface area contributed by atoms with E-state index in [1.165, 1.54) is 12.1 Å². The highest BCUT2D eigenvalue weighted by Crippen LogP contribution is 2.34. The number of amides is 1. The lowest BCUT2D eigenvalue weighted by Gasteiger charge is -2.17. The number of carbonyl (C=O) groups excluding carboxylic acids is 1. The SMILES string of the molecule is COCCNC(=O)C[C@H](c1ccc(F)cc1)c1cn(C)c2ccccc12. The smallest absolute Gasteiger partial charge is 0.221 e. The van der Waals surface area contributed by atoms with Gasteiger partial charge in [-0.1, -0.05) is 30.3 Å². The summed E-state index contributed by atoms with van der Waals surface area (Å²) in [6, 6.07) is 14.5. The van der Waals surface area contributed by atoms with Gasteiger partial charge in [-0.25, -0.2) is 4.39 Å². The highest BCUT2D eigenvalue weighted by molar-refractivity contribution is 5.86. The molecule has 3 rings (SSSR count). The predicted octanol–water partition coefficient (Wildman–Crippen LogP) is 3.60. The van der Waals surface area contributed by atoms with E-state index in [0.29, 0.717) is 19.6 Å². The third-order valence-corrected chi connectivity index (χ3v) is 4.59. The Hall–Kier alpha value is -2.66. The van der Waals surface area contributed by atoms with E-state index in [-0.39, 0.29) is 17.6 Å². The molecule has 0 aliphatic carbocycles. The summed E-state index contributed by atoms with van der Waals surface area (Å²) in [6.45, 7) is 0.947. The van der Waals surface area contributed by atoms with E-state index in [4.69, 9.17) is 4.74 Å². The van der Waals surface area contributed by atoms with Crippen molar-refractivity contribution in [2.75, 3.05) is 20.3 Å². The van der Waals surface area contributed by atoms with Gasteiger partial charge < -0.3 is 14.6 Å². The molecule has 0 aliphatic heterocycles. The Kier molecular flexibility index (Phi) is 5.68. The summed E-state index contributed by atoms with van der Waals surface area (Å²) in [5.74, 6) is -0.483. The fraction of sp³-hybridized carbons (Fsp3) is 0.286. The standard InChI is InChI=1S/C21H23FN2O2/c1-24-14-19(17-5-3-4-6-20(17)24)18(13-21(25)23-11-12-26-2)15-7-9-16(22)10-8-15/h3-10,14,18H,11-13H2,1-2H3,(H,23,25)/t18-/m1/s1. The van der Waals surface area contributed by atoms with Crippen molar-refractivity contribution < 1.29 is 13.9 Å². The van der Waals surface area contributed by atoms with Crippen LogP contribution >= 0.6 is 0 Å². The van der Waals surface area contributed by atoms with Gasteiger partial charge in [0.1, 0.15) is 5.82 Å². The summed E-state index contributed by atoms with van der Waals surface area (Å²) in [5, 5.41) is 3.98. The average Bonchev–Trinajstić information content (AvgIpc) is 2.98. The molecule has 0 radical (unpaired) electrons. The molecule has 0 fully saturated rings. The number of ether oxygens (including phenoxy) is 1. The number of nitrogens with zero attached hydrogens (tertiary/aromatic N) is 1. The predicted molar refractivity (Wildman–Crippen MR) is 101 cm³/mol. The number of hydrogen-bond acceptors (Lipinski definition) is 2. The molecular weight excluding hydrogens is 331 g/mol. The Balaban J connectivity index is 1.97. The Morgan fingerprint density at radius 3 is 2.65 bits per heavy atom. The van der Waals surface area contributed by atoms with Gasteiger partial charge in [-0.05, 0) is 29.3 Å². The quantitative estimate of drug-likeness (QED) is 0.659. The van der Waals surface area contributed by atoms with Gasteiger partial charge in [0.15, 0.2) is 0 Å². The molecule has 26 heavy (non-hydrogen) atoms. The minimum atomic E-state index is -0.282. The van der Waals surface area contributed by atoms with Crippen molar-refractivity contribution in [2.45, 2.75) is 12.3 Å². The van der Waals surface area contributed by atoms with Crippen molar-refractivity contribution in [1.29, 1.82) is 0 Å². The monoisotopic (exact) mass is 354 g/mol. The Morgan fingerprint density at radius 2 is 1.92 bits per heavy atom. The van der Waals surface area contributed by atoms with Crippen LogP contribution in [0.4, 0.5) is 4.39 Å². The van der Waals surface area contributed by atoms with Crippen molar-refractivity contribution in [3.05, 3.63) is 71.7 Å². The van der Waals surface area contributed by atoms with E-state index in [2.05, 4.69) is 28.2 Å². The molecule has 4 nitrogen and oxygen atoms in total. The molecule has 0 spiro atoms. The second kappa shape index (κ2) is 8.15. The topological polar surface area (TPSA) is 43.3 Å². The Morgan fingerprint density at radius 1 is 1.19 bits per heavy atom. The Labute approximate surface area is 152 Å². The average molecular weight is 354 g/mol. The lowest BCUT2D eigenvalue weighted by atomic mass is 9.88. The van der Waals surface area contributed by atoms with E-state index in [0.717, 1.165) is 22.0 Å². The van der Waals surface area contributed by atoms with Gasteiger partial charge in [0, 0.05) is 50.1 Å². The molecule has 1 heterocycles. The van der Waals surface area contributed by atoms with Crippen LogP contribution in [0.15, 0.2) is 54.7 Å². The highest BCUT2D eigenvalue weighted by atomic mass is 19.1. The van der Waals surface area contributed by atoms with E-state index in [1.807, 2.05) is 19.2 Å². The molecule has 0 bridgehead atoms. The molecule has 1 amide bonds. The number of para-hydroxylation sites is 1. The minimum absolute atomic E-state index is 0.0516. The van der Waals surface area contributed by atoms with Crippen molar-refractivity contribution in [3.8, 4) is 0 Å². The zero-order chi connectivity index (χ0) is 18.5. The summed E-state index contributed by atoms with van der Waals surface area (Å²) in [5.41, 5.74) is 3.09. The molecule has 3 aromatic rings. The molecule has 0 saturated heterocycles. The second-order valence-corrected chi connectivity index (χ2v) is 6.36. The minimum Gasteiger partial charge on any atom is -0.383 e. The normalized spacial score (nSPS) is 12.3. The fourth-order valence-corrected chi connectivity index (χ4v) is 3.30. The third kappa shape index (κ3) is 3.94. The molecule has 2 aromatic carbocycles. The van der Waals surface area contributed by atoms with Crippen LogP contribution in [0.3, 0.4) is 0 Å². The molecule has 5 heteroatoms. The number of benzene rings is 2. The number of halogens is 1. The summed E-state index contributed by atoms with van der Waals surface area (Å²) in [4.78, 5) is 12.4. The van der Waals surface area contributed by atoms with Crippen molar-refractivity contribution in [1.82, 2.24) is 9.88 Å². The Bertz CT molecular complexity index is 887. The van der Waals surface area contributed by atoms with Gasteiger partial charge in [-0.2, -0.15) is 0 Å². The first kappa shape index (κ1) is 18.1. The molecule has 0 unspecified atom stereocenters. The summed E-state index contributed by atoms with van der Waals surface area (Å²) in [6.07, 6.45) is 2.35. The largest absolute Gasteiger partial charge is 0.383 e. The number of methoxy groups -OCH3 is 1. The first-order chi connectivity index (χ1) is 12.6. The van der Waals surface area contributed by atoms with E-state index < -0.39 is 0 Å². The number of nitrogens with one attached hydrogen (secondary N) is 1. The number of carbonyl (C=O) groups is 1. The first-order valence-corrected chi connectivity index (χ1v) is 8.65. The lowest BCUT2D eigenvalue weighted by molar-refractivity contribution is -0.121. The van der Waals surface area contributed by atoms with E-state index in [9.17, 15) is 9.18 Å². The maximum Gasteiger partial charge on any atom is 0.221 e. The zero-order valence-electron chi connectivity index (χ0n) is 15.0. The number of aryl methyl sites for hydroxylation is 1. The van der Waals surface area contributed by atoms with Crippen LogP contribution in [0.25, 0.3) is 10.9 Å². The van der Waals surface area contributed by atoms with Gasteiger partial charge in [0.25, 0.3) is 0 Å². The maximum absolute atomic E-state index is 13.4. The summed E-state index contributed by atoms with van der Waals surface area (Å²) in [7, 11) is 3.59. The van der Waals surface area contributed by atoms with Gasteiger partial charge >= 0.3 is 0 Å². The zero-order valence-corrected chi connectivity index (χ0v) is 15.0. The van der Waals surface area contributed by atoms with Gasteiger partial charge in [0.05, 0.1) is 6.61 Å². The van der Waals surface area contributed by atoms with Crippen LogP contribution in [-0.2, 0) is 16.6 Å². The molecule has 0 saturated carbocycles. The first-order valence-electron chi connectivity index (χ1n) is 8.65. The van der Waals surface area contributed by atoms with Crippen LogP contribution in [0.5, 0.6) is 0 Å². The fourth-order valence-electron chi connectivity index (χ4n) is 3.30. The molecule has 1 aromatic heterocycles. The van der Waals surface area contributed by atoms with Crippen LogP contribution in [0.2, 0.25) is 0 Å². The van der Waals surface area contributed by atoms with E-state index >= 15 is 0 Å². The van der Waals surface area contributed by atoms with Gasteiger partial charge in [-0.3, -0.25) is 4.79 Å². The number of hydrogen-bond donors (Lipinski definition) is 1. The molecular formula is C21H23FN2O2. The highest BCUT2D eigenvalue weighted by Gasteiger charge is 2.22. The number of rotatable bonds is 7.